The average molecular weight is 506 g/mol. The number of hydrogen-bond acceptors (Lipinski definition) is 5. The van der Waals surface area contributed by atoms with Gasteiger partial charge < -0.3 is 26.7 Å². The van der Waals surface area contributed by atoms with Gasteiger partial charge in [-0.25, -0.2) is 0 Å². The Bertz CT molecular complexity index is 1400. The molecule has 0 bridgehead atoms. The number of para-hydroxylation sites is 1. The number of nitrogens with two attached hydrogens (primary N) is 1. The molecule has 2 aromatic carbocycles. The van der Waals surface area contributed by atoms with E-state index in [4.69, 9.17) is 5.73 Å². The first-order chi connectivity index (χ1) is 17.1. The Morgan fingerprint density at radius 2 is 1.64 bits per heavy atom. The molecular weight excluding hydrogens is 474 g/mol. The summed E-state index contributed by atoms with van der Waals surface area (Å²) in [5.41, 5.74) is 7.73. The molecule has 1 unspecified atom stereocenters. The molecule has 0 radical (unpaired) electrons. The van der Waals surface area contributed by atoms with Crippen molar-refractivity contribution in [2.75, 3.05) is 0 Å². The minimum absolute atomic E-state index is 0.271. The lowest BCUT2D eigenvalue weighted by Crippen LogP contribution is -2.59. The van der Waals surface area contributed by atoms with E-state index in [1.54, 1.807) is 25.2 Å². The third-order valence-corrected chi connectivity index (χ3v) is 7.00. The van der Waals surface area contributed by atoms with E-state index >= 15 is 0 Å². The molecule has 0 saturated carbocycles. The van der Waals surface area contributed by atoms with E-state index in [1.807, 2.05) is 60.1 Å². The van der Waals surface area contributed by atoms with Gasteiger partial charge in [0.25, 0.3) is 0 Å². The number of aromatic amines is 1. The maximum atomic E-state index is 13.5. The molecule has 4 aromatic rings. The Labute approximate surface area is 213 Å². The fraction of sp³-hybridized carbons (Fsp3) is 0.296. The van der Waals surface area contributed by atoms with Crippen molar-refractivity contribution in [2.45, 2.75) is 51.4 Å². The molecule has 3 amide bonds. The summed E-state index contributed by atoms with van der Waals surface area (Å²) in [7, 11) is 0. The first kappa shape index (κ1) is 25.4. The Balaban J connectivity index is 1.58. The minimum atomic E-state index is -1.16. The van der Waals surface area contributed by atoms with Gasteiger partial charge in [-0.05, 0) is 47.9 Å². The lowest BCUT2D eigenvalue weighted by atomic mass is 10.0. The van der Waals surface area contributed by atoms with Gasteiger partial charge in [0.15, 0.2) is 0 Å². The third kappa shape index (κ3) is 5.92. The lowest BCUT2D eigenvalue weighted by molar-refractivity contribution is -0.132. The summed E-state index contributed by atoms with van der Waals surface area (Å²) in [4.78, 5) is 41.5. The normalized spacial score (nSPS) is 13.3. The largest absolute Gasteiger partial charge is 0.361 e. The van der Waals surface area contributed by atoms with Gasteiger partial charge in [-0.3, -0.25) is 14.4 Å². The van der Waals surface area contributed by atoms with Crippen molar-refractivity contribution in [3.05, 3.63) is 71.2 Å². The predicted octanol–water partition coefficient (Wildman–Crippen LogP) is 2.97. The highest BCUT2D eigenvalue weighted by Crippen LogP contribution is 2.27. The number of carbonyl (C=O) groups is 3. The Kier molecular flexibility index (Phi) is 7.42. The monoisotopic (exact) mass is 505 g/mol. The Morgan fingerprint density at radius 3 is 2.36 bits per heavy atom. The van der Waals surface area contributed by atoms with Crippen LogP contribution in [0.4, 0.5) is 0 Å². The molecule has 8 nitrogen and oxygen atoms in total. The van der Waals surface area contributed by atoms with Crippen molar-refractivity contribution >= 4 is 50.0 Å². The van der Waals surface area contributed by atoms with Crippen LogP contribution in [0.1, 0.15) is 31.9 Å². The van der Waals surface area contributed by atoms with Gasteiger partial charge in [0.05, 0.1) is 5.54 Å². The van der Waals surface area contributed by atoms with Crippen molar-refractivity contribution in [1.29, 1.82) is 0 Å². The van der Waals surface area contributed by atoms with E-state index in [0.717, 1.165) is 32.1 Å². The topological polar surface area (TPSA) is 129 Å². The highest BCUT2D eigenvalue weighted by Gasteiger charge is 2.30. The summed E-state index contributed by atoms with van der Waals surface area (Å²) in [5, 5.41) is 12.6. The molecule has 0 fully saturated rings. The Hall–Kier alpha value is -3.69. The van der Waals surface area contributed by atoms with Crippen LogP contribution in [0.25, 0.3) is 21.0 Å². The highest BCUT2D eigenvalue weighted by atomic mass is 32.1. The SMILES string of the molecule is CC(=O)N[C@H](Cc1c[nH]c2ccccc12)NC(=O)C(Cc1csc2ccccc12)NC(=O)C(C)(C)N. The van der Waals surface area contributed by atoms with E-state index in [9.17, 15) is 14.4 Å². The molecule has 4 rings (SSSR count). The third-order valence-electron chi connectivity index (χ3n) is 5.99. The van der Waals surface area contributed by atoms with E-state index < -0.39 is 29.6 Å². The zero-order valence-electron chi connectivity index (χ0n) is 20.6. The molecule has 0 aliphatic heterocycles. The van der Waals surface area contributed by atoms with Crippen molar-refractivity contribution in [3.8, 4) is 0 Å². The molecule has 188 valence electrons. The second-order valence-corrected chi connectivity index (χ2v) is 10.4. The van der Waals surface area contributed by atoms with Gasteiger partial charge in [-0.15, -0.1) is 11.3 Å². The van der Waals surface area contributed by atoms with Gasteiger partial charge in [0.2, 0.25) is 17.7 Å². The molecule has 2 atom stereocenters. The van der Waals surface area contributed by atoms with E-state index in [0.29, 0.717) is 6.42 Å². The predicted molar refractivity (Wildman–Crippen MR) is 143 cm³/mol. The van der Waals surface area contributed by atoms with Gasteiger partial charge in [0, 0.05) is 41.6 Å². The van der Waals surface area contributed by atoms with Crippen molar-refractivity contribution in [1.82, 2.24) is 20.9 Å². The number of hydrogen-bond donors (Lipinski definition) is 5. The molecule has 0 aliphatic rings. The van der Waals surface area contributed by atoms with Crippen LogP contribution >= 0.6 is 11.3 Å². The number of H-pyrrole nitrogens is 1. The van der Waals surface area contributed by atoms with Crippen LogP contribution in [0.2, 0.25) is 0 Å². The smallest absolute Gasteiger partial charge is 0.244 e. The molecule has 6 N–H and O–H groups in total. The molecule has 0 aliphatic carbocycles. The van der Waals surface area contributed by atoms with Crippen molar-refractivity contribution in [2.24, 2.45) is 5.73 Å². The molecule has 0 spiro atoms. The summed E-state index contributed by atoms with van der Waals surface area (Å²) in [6.45, 7) is 4.59. The summed E-state index contributed by atoms with van der Waals surface area (Å²) < 4.78 is 1.10. The summed E-state index contributed by atoms with van der Waals surface area (Å²) in [6.07, 6.45) is 1.87. The number of thiophene rings is 1. The quantitative estimate of drug-likeness (QED) is 0.224. The fourth-order valence-corrected chi connectivity index (χ4v) is 5.12. The Morgan fingerprint density at radius 1 is 0.944 bits per heavy atom. The molecular formula is C27H31N5O3S. The highest BCUT2D eigenvalue weighted by molar-refractivity contribution is 7.17. The molecule has 2 heterocycles. The average Bonchev–Trinajstić information content (AvgIpc) is 3.42. The lowest BCUT2D eigenvalue weighted by Gasteiger charge is -2.26. The zero-order chi connectivity index (χ0) is 25.9. The fourth-order valence-electron chi connectivity index (χ4n) is 4.14. The van der Waals surface area contributed by atoms with Crippen LogP contribution in [0.5, 0.6) is 0 Å². The van der Waals surface area contributed by atoms with Crippen LogP contribution in [-0.4, -0.2) is 40.5 Å². The van der Waals surface area contributed by atoms with Crippen LogP contribution < -0.4 is 21.7 Å². The van der Waals surface area contributed by atoms with Crippen LogP contribution in [-0.2, 0) is 27.2 Å². The second-order valence-electron chi connectivity index (χ2n) is 9.53. The standard InChI is InChI=1S/C27H31N5O3S/c1-16(33)30-24(13-17-14-29-21-10-6-4-8-19(17)21)32-25(34)22(31-26(35)27(2,3)28)12-18-15-36-23-11-7-5-9-20(18)23/h4-11,14-15,22,24,29H,12-13,28H2,1-3H3,(H,30,33)(H,31,35)(H,32,34)/t22?,24-/m0/s1. The van der Waals surface area contributed by atoms with Crippen LogP contribution in [0.15, 0.2) is 60.1 Å². The van der Waals surface area contributed by atoms with Crippen molar-refractivity contribution < 1.29 is 14.4 Å². The van der Waals surface area contributed by atoms with Gasteiger partial charge >= 0.3 is 0 Å². The van der Waals surface area contributed by atoms with Gasteiger partial charge in [-0.2, -0.15) is 0 Å². The number of benzene rings is 2. The van der Waals surface area contributed by atoms with E-state index in [1.165, 1.54) is 6.92 Å². The molecule has 2 aromatic heterocycles. The van der Waals surface area contributed by atoms with Gasteiger partial charge in [0.1, 0.15) is 12.2 Å². The number of rotatable bonds is 9. The number of carbonyl (C=O) groups excluding carboxylic acids is 3. The molecule has 9 heteroatoms. The van der Waals surface area contributed by atoms with Gasteiger partial charge in [-0.1, -0.05) is 36.4 Å². The van der Waals surface area contributed by atoms with Crippen LogP contribution in [0, 0.1) is 0 Å². The number of fused-ring (bicyclic) bond motifs is 2. The maximum absolute atomic E-state index is 13.5. The van der Waals surface area contributed by atoms with Crippen molar-refractivity contribution in [3.63, 3.8) is 0 Å². The maximum Gasteiger partial charge on any atom is 0.244 e. The van der Waals surface area contributed by atoms with E-state index in [-0.39, 0.29) is 12.3 Å². The second kappa shape index (κ2) is 10.5. The summed E-state index contributed by atoms with van der Waals surface area (Å²) in [6, 6.07) is 14.9. The molecule has 0 saturated heterocycles. The number of nitrogens with one attached hydrogen (secondary N) is 4. The number of amides is 3. The first-order valence-electron chi connectivity index (χ1n) is 11.8. The first-order valence-corrected chi connectivity index (χ1v) is 12.7. The number of aromatic nitrogens is 1. The summed E-state index contributed by atoms with van der Waals surface area (Å²) in [5.74, 6) is -1.11. The molecule has 36 heavy (non-hydrogen) atoms. The van der Waals surface area contributed by atoms with E-state index in [2.05, 4.69) is 20.9 Å². The summed E-state index contributed by atoms with van der Waals surface area (Å²) >= 11 is 1.59. The van der Waals surface area contributed by atoms with Crippen LogP contribution in [0.3, 0.4) is 0 Å². The minimum Gasteiger partial charge on any atom is -0.361 e. The zero-order valence-corrected chi connectivity index (χ0v) is 21.4.